The number of H-pyrrole nitrogens is 1. The van der Waals surface area contributed by atoms with E-state index in [1.54, 1.807) is 16.7 Å². The number of hydrogen-bond acceptors (Lipinski definition) is 8. The molecule has 2 aromatic heterocycles. The van der Waals surface area contributed by atoms with Crippen LogP contribution in [0.4, 0.5) is 5.95 Å². The van der Waals surface area contributed by atoms with Crippen LogP contribution in [0.15, 0.2) is 35.4 Å². The van der Waals surface area contributed by atoms with Crippen molar-refractivity contribution in [1.82, 2.24) is 14.5 Å². The third kappa shape index (κ3) is 5.10. The van der Waals surface area contributed by atoms with E-state index in [0.717, 1.165) is 5.56 Å². The van der Waals surface area contributed by atoms with Crippen molar-refractivity contribution in [2.45, 2.75) is 37.5 Å². The second-order valence-corrected chi connectivity index (χ2v) is 9.22. The number of anilines is 1. The monoisotopic (exact) mass is 502 g/mol. The average molecular weight is 503 g/mol. The van der Waals surface area contributed by atoms with E-state index in [1.807, 2.05) is 12.1 Å². The summed E-state index contributed by atoms with van der Waals surface area (Å²) in [5.74, 6) is -0.161. The zero-order valence-corrected chi connectivity index (χ0v) is 18.6. The van der Waals surface area contributed by atoms with Gasteiger partial charge < -0.3 is 30.5 Å². The number of nitrogens with two attached hydrogens (primary N) is 1. The van der Waals surface area contributed by atoms with Crippen molar-refractivity contribution in [2.24, 2.45) is 0 Å². The number of nitrogens with zero attached hydrogens (tertiary/aromatic N) is 3. The van der Waals surface area contributed by atoms with E-state index in [2.05, 4.69) is 14.5 Å². The van der Waals surface area contributed by atoms with Crippen LogP contribution in [0.2, 0.25) is 5.02 Å². The molecule has 1 aliphatic rings. The molecule has 0 radical (unpaired) electrons. The van der Waals surface area contributed by atoms with Gasteiger partial charge in [0.2, 0.25) is 11.7 Å². The summed E-state index contributed by atoms with van der Waals surface area (Å²) >= 11 is 5.92. The number of aliphatic hydroxyl groups is 2. The number of halogens is 1. The highest BCUT2D eigenvalue weighted by Crippen LogP contribution is 2.37. The second-order valence-electron chi connectivity index (χ2n) is 7.55. The standard InChI is InChI=1S/C18H21ClN5O8P/c19-10-3-1-9(2-4-10)5-6-23-8-24(15-12(23)16(27)22-18(20)21-15)17-14(26)13(25)11(32-17)7-31-33(28,29)30/h1-4,8,11,13-14,17,25-26H,5-7H2,(H4-,20,21,22,27,28,29,30)/p+1/t11-,13-,14-,17-/m1/s1. The molecule has 7 N–H and O–H groups in total. The van der Waals surface area contributed by atoms with Crippen LogP contribution >= 0.6 is 19.4 Å². The number of aryl methyl sites for hydroxylation is 2. The second kappa shape index (κ2) is 9.12. The number of benzene rings is 1. The van der Waals surface area contributed by atoms with Gasteiger partial charge in [-0.1, -0.05) is 28.7 Å². The van der Waals surface area contributed by atoms with Crippen LogP contribution in [-0.4, -0.2) is 59.5 Å². The lowest BCUT2D eigenvalue weighted by Crippen LogP contribution is -2.46. The van der Waals surface area contributed by atoms with Crippen LogP contribution in [0.1, 0.15) is 11.8 Å². The zero-order chi connectivity index (χ0) is 23.9. The number of ether oxygens (including phenoxy) is 1. The number of aliphatic hydroxyl groups excluding tert-OH is 2. The fourth-order valence-electron chi connectivity index (χ4n) is 3.70. The normalized spacial score (nSPS) is 23.4. The van der Waals surface area contributed by atoms with Crippen molar-refractivity contribution >= 4 is 36.5 Å². The molecule has 1 aromatic carbocycles. The van der Waals surface area contributed by atoms with E-state index in [1.165, 1.54) is 10.9 Å². The van der Waals surface area contributed by atoms with Crippen molar-refractivity contribution in [3.05, 3.63) is 51.5 Å². The third-order valence-electron chi connectivity index (χ3n) is 5.26. The Kier molecular flexibility index (Phi) is 6.58. The van der Waals surface area contributed by atoms with Crippen molar-refractivity contribution in [1.29, 1.82) is 0 Å². The molecule has 4 atom stereocenters. The highest BCUT2D eigenvalue weighted by molar-refractivity contribution is 7.46. The highest BCUT2D eigenvalue weighted by atomic mass is 35.5. The van der Waals surface area contributed by atoms with Gasteiger partial charge in [-0.25, -0.2) is 9.13 Å². The number of rotatable bonds is 7. The van der Waals surface area contributed by atoms with Gasteiger partial charge in [0.15, 0.2) is 6.33 Å². The number of aromatic amines is 1. The molecule has 4 rings (SSSR count). The van der Waals surface area contributed by atoms with Gasteiger partial charge in [-0.15, -0.1) is 0 Å². The number of phosphoric acid groups is 1. The molecule has 0 bridgehead atoms. The SMILES string of the molecule is Nc1nc2c(c(=O)[nH]1)n(CCc1ccc(Cl)cc1)c[n+]2[C@@H]1O[C@H](COP(=O)(O)O)[C@@H](O)[C@H]1O. The Labute approximate surface area is 191 Å². The summed E-state index contributed by atoms with van der Waals surface area (Å²) in [6, 6.07) is 7.22. The molecule has 0 saturated carbocycles. The maximum atomic E-state index is 12.6. The predicted molar refractivity (Wildman–Crippen MR) is 114 cm³/mol. The molecule has 0 spiro atoms. The number of imidazole rings is 1. The van der Waals surface area contributed by atoms with E-state index in [-0.39, 0.29) is 17.1 Å². The number of hydrogen-bond donors (Lipinski definition) is 6. The van der Waals surface area contributed by atoms with Crippen LogP contribution in [0.5, 0.6) is 0 Å². The minimum atomic E-state index is -4.81. The first kappa shape index (κ1) is 23.8. The fraction of sp³-hybridized carbons (Fsp3) is 0.389. The molecule has 1 saturated heterocycles. The van der Waals surface area contributed by atoms with Crippen molar-refractivity contribution in [3.63, 3.8) is 0 Å². The first-order chi connectivity index (χ1) is 15.5. The first-order valence-electron chi connectivity index (χ1n) is 9.79. The van der Waals surface area contributed by atoms with E-state index in [4.69, 9.17) is 31.9 Å². The molecule has 15 heteroatoms. The minimum absolute atomic E-state index is 0.0974. The number of phosphoric ester groups is 1. The lowest BCUT2D eigenvalue weighted by molar-refractivity contribution is -0.746. The minimum Gasteiger partial charge on any atom is -0.387 e. The maximum absolute atomic E-state index is 12.6. The van der Waals surface area contributed by atoms with E-state index in [0.29, 0.717) is 18.0 Å². The lowest BCUT2D eigenvalue weighted by atomic mass is 10.1. The molecular formula is C18H22ClN5O8P+. The molecule has 13 nitrogen and oxygen atoms in total. The summed E-state index contributed by atoms with van der Waals surface area (Å²) < 4.78 is 23.9. The smallest absolute Gasteiger partial charge is 0.387 e. The van der Waals surface area contributed by atoms with Crippen LogP contribution in [0, 0.1) is 0 Å². The number of fused-ring (bicyclic) bond motifs is 1. The van der Waals surface area contributed by atoms with Crippen molar-refractivity contribution in [2.75, 3.05) is 12.3 Å². The summed E-state index contributed by atoms with van der Waals surface area (Å²) in [6.45, 7) is -0.305. The van der Waals surface area contributed by atoms with Gasteiger partial charge >= 0.3 is 13.5 Å². The Hall–Kier alpha value is -2.35. The van der Waals surface area contributed by atoms with Gasteiger partial charge in [0, 0.05) is 11.4 Å². The first-order valence-corrected chi connectivity index (χ1v) is 11.7. The van der Waals surface area contributed by atoms with Gasteiger partial charge in [-0.05, 0) is 17.7 Å². The topological polar surface area (TPSA) is 197 Å². The Balaban J connectivity index is 1.66. The predicted octanol–water partition coefficient (Wildman–Crippen LogP) is -0.781. The van der Waals surface area contributed by atoms with E-state index in [9.17, 15) is 19.6 Å². The van der Waals surface area contributed by atoms with Crippen LogP contribution in [0.3, 0.4) is 0 Å². The molecule has 0 unspecified atom stereocenters. The Bertz CT molecular complexity index is 1260. The molecule has 0 aliphatic carbocycles. The van der Waals surface area contributed by atoms with Gasteiger partial charge in [-0.2, -0.15) is 0 Å². The quantitative estimate of drug-likeness (QED) is 0.176. The largest absolute Gasteiger partial charge is 0.469 e. The van der Waals surface area contributed by atoms with Crippen LogP contribution < -0.4 is 15.9 Å². The average Bonchev–Trinajstić information content (AvgIpc) is 3.23. The van der Waals surface area contributed by atoms with Gasteiger partial charge in [-0.3, -0.25) is 18.9 Å². The maximum Gasteiger partial charge on any atom is 0.469 e. The molecule has 178 valence electrons. The summed E-state index contributed by atoms with van der Waals surface area (Å²) in [4.78, 5) is 37.0. The molecule has 1 fully saturated rings. The summed E-state index contributed by atoms with van der Waals surface area (Å²) in [6.07, 6.45) is -3.44. The Morgan fingerprint density at radius 1 is 1.27 bits per heavy atom. The molecule has 3 heterocycles. The molecule has 0 amide bonds. The van der Waals surface area contributed by atoms with Gasteiger partial charge in [0.1, 0.15) is 18.3 Å². The third-order valence-corrected chi connectivity index (χ3v) is 6.00. The molecule has 1 aliphatic heterocycles. The number of nitrogen functional groups attached to an aromatic ring is 1. The molecule has 3 aromatic rings. The van der Waals surface area contributed by atoms with E-state index < -0.39 is 44.5 Å². The highest BCUT2D eigenvalue weighted by Gasteiger charge is 2.47. The number of aromatic nitrogens is 4. The molecule has 33 heavy (non-hydrogen) atoms. The zero-order valence-electron chi connectivity index (χ0n) is 17.0. The number of nitrogens with one attached hydrogen (secondary N) is 1. The fourth-order valence-corrected chi connectivity index (χ4v) is 4.16. The Morgan fingerprint density at radius 3 is 2.64 bits per heavy atom. The molecular weight excluding hydrogens is 481 g/mol. The Morgan fingerprint density at radius 2 is 1.97 bits per heavy atom. The van der Waals surface area contributed by atoms with Crippen molar-refractivity contribution < 1.29 is 38.4 Å². The van der Waals surface area contributed by atoms with Crippen LogP contribution in [0.25, 0.3) is 11.2 Å². The van der Waals surface area contributed by atoms with Crippen LogP contribution in [-0.2, 0) is 26.8 Å². The summed E-state index contributed by atoms with van der Waals surface area (Å²) in [5.41, 5.74) is 6.42. The lowest BCUT2D eigenvalue weighted by Gasteiger charge is -2.14. The summed E-state index contributed by atoms with van der Waals surface area (Å²) in [7, 11) is -4.81. The van der Waals surface area contributed by atoms with Crippen molar-refractivity contribution in [3.8, 4) is 0 Å². The summed E-state index contributed by atoms with van der Waals surface area (Å²) in [5, 5.41) is 21.4. The van der Waals surface area contributed by atoms with Gasteiger partial charge in [0.25, 0.3) is 11.5 Å². The van der Waals surface area contributed by atoms with E-state index >= 15 is 0 Å². The van der Waals surface area contributed by atoms with Gasteiger partial charge in [0.05, 0.1) is 13.2 Å².